The van der Waals surface area contributed by atoms with Crippen LogP contribution in [0.2, 0.25) is 0 Å². The lowest BCUT2D eigenvalue weighted by Crippen LogP contribution is -2.13. The van der Waals surface area contributed by atoms with Gasteiger partial charge in [-0.15, -0.1) is 0 Å². The molecule has 0 atom stereocenters. The van der Waals surface area contributed by atoms with Crippen LogP contribution in [0.3, 0.4) is 0 Å². The molecule has 0 spiro atoms. The second-order valence-electron chi connectivity index (χ2n) is 4.14. The quantitative estimate of drug-likeness (QED) is 0.489. The summed E-state index contributed by atoms with van der Waals surface area (Å²) in [4.78, 5) is 21.8. The maximum Gasteiger partial charge on any atom is 0.392 e. The predicted octanol–water partition coefficient (Wildman–Crippen LogP) is 2.26. The molecule has 0 saturated carbocycles. The highest BCUT2D eigenvalue weighted by Gasteiger charge is 2.20. The molecule has 20 heavy (non-hydrogen) atoms. The lowest BCUT2D eigenvalue weighted by molar-refractivity contribution is -0.390. The number of aryl methyl sites for hydroxylation is 1. The molecule has 2 aromatic rings. The molecule has 0 aliphatic rings. The van der Waals surface area contributed by atoms with E-state index in [9.17, 15) is 23.7 Å². The van der Waals surface area contributed by atoms with Crippen molar-refractivity contribution < 1.29 is 18.5 Å². The summed E-state index contributed by atoms with van der Waals surface area (Å²) >= 11 is 0. The van der Waals surface area contributed by atoms with E-state index in [0.29, 0.717) is 0 Å². The molecule has 0 amide bonds. The smallest absolute Gasteiger partial charge is 0.358 e. The van der Waals surface area contributed by atoms with Crippen molar-refractivity contribution in [3.8, 4) is 0 Å². The van der Waals surface area contributed by atoms with Crippen molar-refractivity contribution in [3.05, 3.63) is 57.3 Å². The monoisotopic (exact) mass is 281 g/mol. The van der Waals surface area contributed by atoms with E-state index in [1.54, 1.807) is 0 Å². The van der Waals surface area contributed by atoms with Gasteiger partial charge < -0.3 is 10.1 Å². The molecule has 0 bridgehead atoms. The molecule has 1 aromatic heterocycles. The van der Waals surface area contributed by atoms with E-state index in [0.717, 1.165) is 22.9 Å². The van der Waals surface area contributed by atoms with Gasteiger partial charge >= 0.3 is 5.82 Å². The summed E-state index contributed by atoms with van der Waals surface area (Å²) in [7, 11) is 0. The second kappa shape index (κ2) is 5.16. The summed E-state index contributed by atoms with van der Waals surface area (Å²) in [6.07, 6.45) is 1.30. The molecular formula is C12H9F2N3O3. The average Bonchev–Trinajstić information content (AvgIpc) is 2.73. The summed E-state index contributed by atoms with van der Waals surface area (Å²) in [6, 6.07) is 2.52. The van der Waals surface area contributed by atoms with Crippen LogP contribution >= 0.6 is 0 Å². The molecule has 6 nitrogen and oxygen atoms in total. The van der Waals surface area contributed by atoms with E-state index >= 15 is 0 Å². The van der Waals surface area contributed by atoms with Crippen molar-refractivity contribution in [2.45, 2.75) is 13.5 Å². The standard InChI is InChI=1S/C12H9F2N3O3/c1-7-5-16(15-12(7)17(19)20)6-11(18)9-4-8(13)2-3-10(9)14/h2-5H,6H2,1H3. The second-order valence-corrected chi connectivity index (χ2v) is 4.14. The number of hydrogen-bond donors (Lipinski definition) is 0. The largest absolute Gasteiger partial charge is 0.392 e. The first-order valence-corrected chi connectivity index (χ1v) is 5.55. The summed E-state index contributed by atoms with van der Waals surface area (Å²) < 4.78 is 27.4. The van der Waals surface area contributed by atoms with Crippen LogP contribution in [0.5, 0.6) is 0 Å². The Labute approximate surface area is 111 Å². The molecule has 0 fully saturated rings. The summed E-state index contributed by atoms with van der Waals surface area (Å²) in [5, 5.41) is 14.2. The van der Waals surface area contributed by atoms with Gasteiger partial charge in [-0.25, -0.2) is 8.78 Å². The minimum absolute atomic E-state index is 0.280. The maximum absolute atomic E-state index is 13.4. The van der Waals surface area contributed by atoms with Crippen LogP contribution in [0.4, 0.5) is 14.6 Å². The SMILES string of the molecule is Cc1cn(CC(=O)c2cc(F)ccc2F)nc1[N+](=O)[O-]. The van der Waals surface area contributed by atoms with Crippen molar-refractivity contribution in [2.24, 2.45) is 0 Å². The van der Waals surface area contributed by atoms with Gasteiger partial charge in [-0.3, -0.25) is 4.79 Å². The zero-order chi connectivity index (χ0) is 14.9. The topological polar surface area (TPSA) is 78.0 Å². The number of nitrogens with zero attached hydrogens (tertiary/aromatic N) is 3. The normalized spacial score (nSPS) is 10.6. The van der Waals surface area contributed by atoms with Crippen LogP contribution in [-0.4, -0.2) is 20.5 Å². The fraction of sp³-hybridized carbons (Fsp3) is 0.167. The first-order chi connectivity index (χ1) is 9.38. The Kier molecular flexibility index (Phi) is 3.55. The molecule has 0 aliphatic carbocycles. The Morgan fingerprint density at radius 2 is 2.15 bits per heavy atom. The molecule has 0 N–H and O–H groups in total. The van der Waals surface area contributed by atoms with Crippen LogP contribution in [0.1, 0.15) is 15.9 Å². The summed E-state index contributed by atoms with van der Waals surface area (Å²) in [5.41, 5.74) is -0.136. The number of benzene rings is 1. The molecule has 0 aliphatic heterocycles. The summed E-state index contributed by atoms with van der Waals surface area (Å²) in [5.74, 6) is -2.69. The Bertz CT molecular complexity index is 697. The van der Waals surface area contributed by atoms with Crippen LogP contribution in [0.15, 0.2) is 24.4 Å². The Morgan fingerprint density at radius 3 is 2.75 bits per heavy atom. The van der Waals surface area contributed by atoms with Gasteiger partial charge in [0.15, 0.2) is 5.78 Å². The highest BCUT2D eigenvalue weighted by Crippen LogP contribution is 2.15. The molecule has 0 radical (unpaired) electrons. The van der Waals surface area contributed by atoms with Crippen molar-refractivity contribution in [2.75, 3.05) is 0 Å². The summed E-state index contributed by atoms with van der Waals surface area (Å²) in [6.45, 7) is 1.06. The van der Waals surface area contributed by atoms with E-state index in [-0.39, 0.29) is 11.4 Å². The van der Waals surface area contributed by atoms with Crippen molar-refractivity contribution in [1.29, 1.82) is 0 Å². The molecule has 8 heteroatoms. The third-order valence-corrected chi connectivity index (χ3v) is 2.63. The molecule has 2 rings (SSSR count). The van der Waals surface area contributed by atoms with Gasteiger partial charge in [0, 0.05) is 0 Å². The van der Waals surface area contributed by atoms with Crippen molar-refractivity contribution in [3.63, 3.8) is 0 Å². The van der Waals surface area contributed by atoms with Gasteiger partial charge in [-0.1, -0.05) is 0 Å². The molecular weight excluding hydrogens is 272 g/mol. The third-order valence-electron chi connectivity index (χ3n) is 2.63. The lowest BCUT2D eigenvalue weighted by Gasteiger charge is -2.01. The first-order valence-electron chi connectivity index (χ1n) is 5.55. The molecule has 1 heterocycles. The predicted molar refractivity (Wildman–Crippen MR) is 64.3 cm³/mol. The fourth-order valence-electron chi connectivity index (χ4n) is 1.72. The van der Waals surface area contributed by atoms with Crippen LogP contribution in [0.25, 0.3) is 0 Å². The van der Waals surface area contributed by atoms with Gasteiger partial charge in [0.2, 0.25) is 0 Å². The van der Waals surface area contributed by atoms with Gasteiger partial charge in [0.05, 0.1) is 22.4 Å². The Balaban J connectivity index is 2.26. The van der Waals surface area contributed by atoms with E-state index < -0.39 is 34.4 Å². The van der Waals surface area contributed by atoms with Gasteiger partial charge in [0.1, 0.15) is 18.2 Å². The number of halogens is 2. The van der Waals surface area contributed by atoms with Crippen molar-refractivity contribution >= 4 is 11.6 Å². The zero-order valence-corrected chi connectivity index (χ0v) is 10.3. The number of rotatable bonds is 4. The number of hydrogen-bond acceptors (Lipinski definition) is 4. The minimum Gasteiger partial charge on any atom is -0.358 e. The molecule has 0 saturated heterocycles. The third kappa shape index (κ3) is 2.68. The number of aromatic nitrogens is 2. The van der Waals surface area contributed by atoms with Crippen molar-refractivity contribution in [1.82, 2.24) is 9.78 Å². The number of carbonyl (C=O) groups excluding carboxylic acids is 1. The van der Waals surface area contributed by atoms with Gasteiger partial charge in [-0.2, -0.15) is 4.68 Å². The minimum atomic E-state index is -0.852. The average molecular weight is 281 g/mol. The van der Waals surface area contributed by atoms with Gasteiger partial charge in [-0.05, 0) is 30.0 Å². The van der Waals surface area contributed by atoms with E-state index in [1.807, 2.05) is 0 Å². The van der Waals surface area contributed by atoms with E-state index in [1.165, 1.54) is 13.1 Å². The number of nitro groups is 1. The van der Waals surface area contributed by atoms with E-state index in [4.69, 9.17) is 0 Å². The van der Waals surface area contributed by atoms with Crippen LogP contribution in [-0.2, 0) is 6.54 Å². The molecule has 1 aromatic carbocycles. The maximum atomic E-state index is 13.4. The lowest BCUT2D eigenvalue weighted by atomic mass is 10.1. The van der Waals surface area contributed by atoms with E-state index in [2.05, 4.69) is 5.10 Å². The van der Waals surface area contributed by atoms with Gasteiger partial charge in [0.25, 0.3) is 0 Å². The number of Topliss-reactive ketones (excluding diaryl/α,β-unsaturated/α-hetero) is 1. The fourth-order valence-corrected chi connectivity index (χ4v) is 1.72. The first kappa shape index (κ1) is 13.8. The molecule has 104 valence electrons. The number of carbonyl (C=O) groups is 1. The highest BCUT2D eigenvalue weighted by atomic mass is 19.1. The molecule has 0 unspecified atom stereocenters. The Morgan fingerprint density at radius 1 is 1.45 bits per heavy atom. The highest BCUT2D eigenvalue weighted by molar-refractivity contribution is 5.96. The Hall–Kier alpha value is -2.64. The zero-order valence-electron chi connectivity index (χ0n) is 10.3. The van der Waals surface area contributed by atoms with Crippen LogP contribution < -0.4 is 0 Å². The van der Waals surface area contributed by atoms with Crippen LogP contribution in [0, 0.1) is 28.7 Å². The number of ketones is 1.